The molecule has 22 heavy (non-hydrogen) atoms. The predicted octanol–water partition coefficient (Wildman–Crippen LogP) is 2.86. The Morgan fingerprint density at radius 2 is 1.55 bits per heavy atom. The molecule has 4 nitrogen and oxygen atoms in total. The maximum Gasteiger partial charge on any atom is 0.267 e. The molecule has 0 radical (unpaired) electrons. The molecular formula is C17H17NO3S. The topological polar surface area (TPSA) is 54.5 Å². The number of hydrogen-bond acceptors (Lipinski definition) is 3. The lowest BCUT2D eigenvalue weighted by atomic mass is 10.1. The highest BCUT2D eigenvalue weighted by Crippen LogP contribution is 2.20. The van der Waals surface area contributed by atoms with Crippen molar-refractivity contribution in [2.75, 3.05) is 7.05 Å². The summed E-state index contributed by atoms with van der Waals surface area (Å²) in [5, 5.41) is 0. The molecule has 0 aromatic heterocycles. The molecule has 0 saturated carbocycles. The third-order valence-corrected chi connectivity index (χ3v) is 5.10. The minimum Gasteiger partial charge on any atom is -0.268 e. The van der Waals surface area contributed by atoms with Gasteiger partial charge >= 0.3 is 0 Å². The van der Waals surface area contributed by atoms with Gasteiger partial charge in [-0.2, -0.15) is 0 Å². The minimum absolute atomic E-state index is 0.0785. The van der Waals surface area contributed by atoms with Crippen LogP contribution in [0.1, 0.15) is 11.1 Å². The van der Waals surface area contributed by atoms with Gasteiger partial charge in [-0.3, -0.25) is 4.79 Å². The Bertz CT molecular complexity index is 794. The smallest absolute Gasteiger partial charge is 0.267 e. The molecule has 2 aromatic rings. The van der Waals surface area contributed by atoms with E-state index in [0.29, 0.717) is 5.56 Å². The van der Waals surface area contributed by atoms with Gasteiger partial charge in [-0.15, -0.1) is 0 Å². The van der Waals surface area contributed by atoms with E-state index >= 15 is 0 Å². The lowest BCUT2D eigenvalue weighted by Crippen LogP contribution is -2.33. The normalized spacial score (nSPS) is 11.0. The van der Waals surface area contributed by atoms with Crippen LogP contribution in [0.5, 0.6) is 0 Å². The van der Waals surface area contributed by atoms with Crippen LogP contribution in [0, 0.1) is 6.92 Å². The van der Waals surface area contributed by atoms with Crippen molar-refractivity contribution in [1.29, 1.82) is 0 Å². The first-order valence-corrected chi connectivity index (χ1v) is 8.12. The molecule has 0 N–H and O–H groups in total. The average Bonchev–Trinajstić information content (AvgIpc) is 2.54. The molecule has 0 spiro atoms. The molecule has 0 aliphatic heterocycles. The number of carbonyl (C=O) groups is 1. The Balaban J connectivity index is 2.30. The highest BCUT2D eigenvalue weighted by atomic mass is 32.2. The van der Waals surface area contributed by atoms with Crippen LogP contribution in [0.15, 0.2) is 66.1 Å². The van der Waals surface area contributed by atoms with Gasteiger partial charge in [0, 0.05) is 12.6 Å². The number of aryl methyl sites for hydroxylation is 1. The van der Waals surface area contributed by atoms with Gasteiger partial charge < -0.3 is 0 Å². The molecule has 0 bridgehead atoms. The van der Waals surface area contributed by atoms with Crippen molar-refractivity contribution in [3.8, 4) is 0 Å². The van der Waals surface area contributed by atoms with E-state index in [2.05, 4.69) is 6.58 Å². The van der Waals surface area contributed by atoms with E-state index < -0.39 is 15.9 Å². The van der Waals surface area contributed by atoms with Gasteiger partial charge in [-0.1, -0.05) is 54.6 Å². The average molecular weight is 315 g/mol. The standard InChI is InChI=1S/C17H17NO3S/c1-13-9-11-16(12-10-13)22(20,21)18(3)17(19)14(2)15-7-5-4-6-8-15/h4-12H,2H2,1,3H3. The van der Waals surface area contributed by atoms with Crippen molar-refractivity contribution < 1.29 is 13.2 Å². The third-order valence-electron chi connectivity index (χ3n) is 3.35. The second kappa shape index (κ2) is 6.15. The molecule has 114 valence electrons. The fourth-order valence-electron chi connectivity index (χ4n) is 1.93. The highest BCUT2D eigenvalue weighted by molar-refractivity contribution is 7.89. The summed E-state index contributed by atoms with van der Waals surface area (Å²) < 4.78 is 25.7. The van der Waals surface area contributed by atoms with Crippen molar-refractivity contribution >= 4 is 21.5 Å². The molecule has 0 aliphatic rings. The molecule has 0 atom stereocenters. The van der Waals surface area contributed by atoms with Gasteiger partial charge in [0.15, 0.2) is 0 Å². The number of benzene rings is 2. The molecule has 0 fully saturated rings. The van der Waals surface area contributed by atoms with Crippen molar-refractivity contribution in [3.05, 3.63) is 72.3 Å². The van der Waals surface area contributed by atoms with Gasteiger partial charge in [0.05, 0.1) is 4.90 Å². The molecule has 2 rings (SSSR count). The van der Waals surface area contributed by atoms with E-state index in [1.807, 2.05) is 13.0 Å². The van der Waals surface area contributed by atoms with Crippen LogP contribution in [0.4, 0.5) is 0 Å². The second-order valence-corrected chi connectivity index (χ2v) is 6.90. The van der Waals surface area contributed by atoms with E-state index in [1.54, 1.807) is 36.4 Å². The summed E-state index contributed by atoms with van der Waals surface area (Å²) in [5.41, 5.74) is 1.68. The second-order valence-electron chi connectivity index (χ2n) is 4.94. The van der Waals surface area contributed by atoms with Crippen LogP contribution in [-0.4, -0.2) is 25.7 Å². The molecule has 1 amide bonds. The summed E-state index contributed by atoms with van der Waals surface area (Å²) in [5.74, 6) is -0.647. The van der Waals surface area contributed by atoms with E-state index in [9.17, 15) is 13.2 Å². The lowest BCUT2D eigenvalue weighted by molar-refractivity contribution is -0.119. The van der Waals surface area contributed by atoms with Crippen LogP contribution in [0.3, 0.4) is 0 Å². The van der Waals surface area contributed by atoms with Crippen LogP contribution in [0.25, 0.3) is 5.57 Å². The quantitative estimate of drug-likeness (QED) is 0.815. The monoisotopic (exact) mass is 315 g/mol. The van der Waals surface area contributed by atoms with Crippen molar-refractivity contribution in [2.45, 2.75) is 11.8 Å². The van der Waals surface area contributed by atoms with Gasteiger partial charge in [-0.05, 0) is 24.6 Å². The van der Waals surface area contributed by atoms with E-state index in [1.165, 1.54) is 19.2 Å². The molecule has 0 saturated heterocycles. The number of likely N-dealkylation sites (N-methyl/N-ethyl adjacent to an activating group) is 1. The van der Waals surface area contributed by atoms with Gasteiger partial charge in [0.1, 0.15) is 0 Å². The first kappa shape index (κ1) is 16.0. The highest BCUT2D eigenvalue weighted by Gasteiger charge is 2.27. The number of hydrogen-bond donors (Lipinski definition) is 0. The van der Waals surface area contributed by atoms with Crippen LogP contribution in [-0.2, 0) is 14.8 Å². The zero-order valence-corrected chi connectivity index (χ0v) is 13.3. The number of amides is 1. The van der Waals surface area contributed by atoms with Gasteiger partial charge in [0.25, 0.3) is 15.9 Å². The fraction of sp³-hybridized carbons (Fsp3) is 0.118. The first-order valence-electron chi connectivity index (χ1n) is 6.68. The maximum absolute atomic E-state index is 12.5. The Kier molecular flexibility index (Phi) is 4.47. The lowest BCUT2D eigenvalue weighted by Gasteiger charge is -2.19. The zero-order chi connectivity index (χ0) is 16.3. The maximum atomic E-state index is 12.5. The predicted molar refractivity (Wildman–Crippen MR) is 86.6 cm³/mol. The van der Waals surface area contributed by atoms with E-state index in [4.69, 9.17) is 0 Å². The Morgan fingerprint density at radius 1 is 1.00 bits per heavy atom. The Hall–Kier alpha value is -2.40. The van der Waals surface area contributed by atoms with Crippen LogP contribution in [0.2, 0.25) is 0 Å². The number of sulfonamides is 1. The van der Waals surface area contributed by atoms with E-state index in [0.717, 1.165) is 9.87 Å². The van der Waals surface area contributed by atoms with Crippen LogP contribution >= 0.6 is 0 Å². The molecular weight excluding hydrogens is 298 g/mol. The summed E-state index contributed by atoms with van der Waals surface area (Å²) in [6, 6.07) is 15.1. The largest absolute Gasteiger partial charge is 0.268 e. The summed E-state index contributed by atoms with van der Waals surface area (Å²) in [7, 11) is -2.64. The molecule has 5 heteroatoms. The number of carbonyl (C=O) groups excluding carboxylic acids is 1. The summed E-state index contributed by atoms with van der Waals surface area (Å²) >= 11 is 0. The molecule has 0 aliphatic carbocycles. The van der Waals surface area contributed by atoms with Crippen molar-refractivity contribution in [3.63, 3.8) is 0 Å². The summed E-state index contributed by atoms with van der Waals surface area (Å²) in [6.07, 6.45) is 0. The van der Waals surface area contributed by atoms with Crippen LogP contribution < -0.4 is 0 Å². The summed E-state index contributed by atoms with van der Waals surface area (Å²) in [6.45, 7) is 5.58. The fourth-order valence-corrected chi connectivity index (χ4v) is 3.06. The SMILES string of the molecule is C=C(C(=O)N(C)S(=O)(=O)c1ccc(C)cc1)c1ccccc1. The zero-order valence-electron chi connectivity index (χ0n) is 12.5. The molecule has 0 heterocycles. The Morgan fingerprint density at radius 3 is 2.09 bits per heavy atom. The minimum atomic E-state index is -3.89. The molecule has 0 unspecified atom stereocenters. The van der Waals surface area contributed by atoms with Crippen molar-refractivity contribution in [1.82, 2.24) is 4.31 Å². The summed E-state index contributed by atoms with van der Waals surface area (Å²) in [4.78, 5) is 12.5. The number of rotatable bonds is 4. The van der Waals surface area contributed by atoms with Gasteiger partial charge in [0.2, 0.25) is 0 Å². The van der Waals surface area contributed by atoms with E-state index in [-0.39, 0.29) is 10.5 Å². The van der Waals surface area contributed by atoms with Crippen molar-refractivity contribution in [2.24, 2.45) is 0 Å². The number of nitrogens with zero attached hydrogens (tertiary/aromatic N) is 1. The van der Waals surface area contributed by atoms with Gasteiger partial charge in [-0.25, -0.2) is 12.7 Å². The first-order chi connectivity index (χ1) is 10.3. The molecule has 2 aromatic carbocycles. The Labute approximate surface area is 130 Å². The third kappa shape index (κ3) is 3.09.